The Balaban J connectivity index is 2.25. The lowest BCUT2D eigenvalue weighted by Gasteiger charge is -2.07. The summed E-state index contributed by atoms with van der Waals surface area (Å²) in [6, 6.07) is 14.3. The fraction of sp³-hybridized carbons (Fsp3) is 0.125. The van der Waals surface area contributed by atoms with E-state index < -0.39 is 0 Å². The van der Waals surface area contributed by atoms with Gasteiger partial charge in [-0.2, -0.15) is 0 Å². The van der Waals surface area contributed by atoms with Gasteiger partial charge in [-0.25, -0.2) is 4.98 Å². The van der Waals surface area contributed by atoms with E-state index in [-0.39, 0.29) is 5.56 Å². The molecule has 0 unspecified atom stereocenters. The largest absolute Gasteiger partial charge is 0.313 e. The molecule has 1 aromatic heterocycles. The highest BCUT2D eigenvalue weighted by atomic mass is 16.1. The zero-order chi connectivity index (χ0) is 13.2. The molecular formula is C16H14N2O. The first-order valence-corrected chi connectivity index (χ1v) is 6.35. The van der Waals surface area contributed by atoms with E-state index in [0.717, 1.165) is 22.2 Å². The minimum atomic E-state index is -0.0549. The summed E-state index contributed by atoms with van der Waals surface area (Å²) in [5.41, 5.74) is 2.44. The molecule has 3 nitrogen and oxygen atoms in total. The molecule has 94 valence electrons. The first-order chi connectivity index (χ1) is 9.29. The van der Waals surface area contributed by atoms with Crippen LogP contribution in [-0.2, 0) is 6.42 Å². The molecule has 3 aromatic rings. The zero-order valence-electron chi connectivity index (χ0n) is 10.7. The van der Waals surface area contributed by atoms with Crippen molar-refractivity contribution in [1.82, 2.24) is 9.97 Å². The maximum atomic E-state index is 11.8. The Morgan fingerprint density at radius 1 is 1.11 bits per heavy atom. The van der Waals surface area contributed by atoms with Gasteiger partial charge >= 0.3 is 0 Å². The van der Waals surface area contributed by atoms with Crippen molar-refractivity contribution in [2.75, 3.05) is 0 Å². The first-order valence-electron chi connectivity index (χ1n) is 6.35. The van der Waals surface area contributed by atoms with Crippen LogP contribution >= 0.6 is 0 Å². The van der Waals surface area contributed by atoms with Crippen molar-refractivity contribution in [3.63, 3.8) is 0 Å². The monoisotopic (exact) mass is 250 g/mol. The van der Waals surface area contributed by atoms with E-state index in [9.17, 15) is 4.79 Å². The average molecular weight is 250 g/mol. The molecule has 0 fully saturated rings. The van der Waals surface area contributed by atoms with Gasteiger partial charge in [-0.3, -0.25) is 4.79 Å². The average Bonchev–Trinajstić information content (AvgIpc) is 2.46. The summed E-state index contributed by atoms with van der Waals surface area (Å²) in [5, 5.41) is 2.35. The minimum absolute atomic E-state index is 0.0549. The molecule has 0 spiro atoms. The Labute approximate surface area is 111 Å². The zero-order valence-corrected chi connectivity index (χ0v) is 10.7. The normalized spacial score (nSPS) is 10.8. The second-order valence-electron chi connectivity index (χ2n) is 4.47. The van der Waals surface area contributed by atoms with Crippen LogP contribution in [0.2, 0.25) is 0 Å². The van der Waals surface area contributed by atoms with Gasteiger partial charge in [0.2, 0.25) is 0 Å². The maximum absolute atomic E-state index is 11.8. The summed E-state index contributed by atoms with van der Waals surface area (Å²) < 4.78 is 0. The first kappa shape index (κ1) is 11.7. The molecule has 19 heavy (non-hydrogen) atoms. The molecule has 0 radical (unpaired) electrons. The standard InChI is InChI=1S/C16H14N2O/c1-2-14-15(17-10-18-16(14)19)13-8-7-11-5-3-4-6-12(11)9-13/h3-10H,2H2,1H3,(H,17,18,19). The molecule has 3 heteroatoms. The molecule has 0 saturated carbocycles. The highest BCUT2D eigenvalue weighted by molar-refractivity contribution is 5.87. The molecule has 0 saturated heterocycles. The van der Waals surface area contributed by atoms with Crippen LogP contribution in [0.4, 0.5) is 0 Å². The van der Waals surface area contributed by atoms with Gasteiger partial charge in [-0.1, -0.05) is 43.3 Å². The fourth-order valence-electron chi connectivity index (χ4n) is 2.34. The number of fused-ring (bicyclic) bond motifs is 1. The number of aromatic amines is 1. The Morgan fingerprint density at radius 3 is 2.68 bits per heavy atom. The molecular weight excluding hydrogens is 236 g/mol. The van der Waals surface area contributed by atoms with Gasteiger partial charge in [0, 0.05) is 11.1 Å². The summed E-state index contributed by atoms with van der Waals surface area (Å²) in [5.74, 6) is 0. The van der Waals surface area contributed by atoms with Crippen molar-refractivity contribution < 1.29 is 0 Å². The predicted molar refractivity (Wildman–Crippen MR) is 77.2 cm³/mol. The third kappa shape index (κ3) is 2.03. The van der Waals surface area contributed by atoms with Gasteiger partial charge < -0.3 is 4.98 Å². The lowest BCUT2D eigenvalue weighted by molar-refractivity contribution is 1.01. The van der Waals surface area contributed by atoms with Gasteiger partial charge in [-0.15, -0.1) is 0 Å². The Morgan fingerprint density at radius 2 is 1.89 bits per heavy atom. The van der Waals surface area contributed by atoms with Crippen LogP contribution in [0.15, 0.2) is 53.6 Å². The third-order valence-corrected chi connectivity index (χ3v) is 3.33. The van der Waals surface area contributed by atoms with E-state index >= 15 is 0 Å². The highest BCUT2D eigenvalue weighted by Gasteiger charge is 2.09. The van der Waals surface area contributed by atoms with Crippen molar-refractivity contribution in [1.29, 1.82) is 0 Å². The van der Waals surface area contributed by atoms with E-state index in [0.29, 0.717) is 6.42 Å². The summed E-state index contributed by atoms with van der Waals surface area (Å²) in [4.78, 5) is 18.8. The van der Waals surface area contributed by atoms with Gasteiger partial charge in [-0.05, 0) is 23.3 Å². The second-order valence-corrected chi connectivity index (χ2v) is 4.47. The van der Waals surface area contributed by atoms with E-state index in [4.69, 9.17) is 0 Å². The molecule has 0 bridgehead atoms. The van der Waals surface area contributed by atoms with Crippen LogP contribution in [0.1, 0.15) is 12.5 Å². The number of rotatable bonds is 2. The van der Waals surface area contributed by atoms with Crippen LogP contribution in [0.3, 0.4) is 0 Å². The second kappa shape index (κ2) is 4.69. The molecule has 0 atom stereocenters. The van der Waals surface area contributed by atoms with Crippen molar-refractivity contribution in [2.24, 2.45) is 0 Å². The number of hydrogen-bond acceptors (Lipinski definition) is 2. The number of nitrogens with one attached hydrogen (secondary N) is 1. The van der Waals surface area contributed by atoms with E-state index in [1.807, 2.05) is 25.1 Å². The Kier molecular flexibility index (Phi) is 2.88. The van der Waals surface area contributed by atoms with Gasteiger partial charge in [0.15, 0.2) is 0 Å². The van der Waals surface area contributed by atoms with Crippen molar-refractivity contribution >= 4 is 10.8 Å². The number of hydrogen-bond donors (Lipinski definition) is 1. The van der Waals surface area contributed by atoms with Crippen LogP contribution < -0.4 is 5.56 Å². The molecule has 1 N–H and O–H groups in total. The van der Waals surface area contributed by atoms with Crippen LogP contribution in [0, 0.1) is 0 Å². The smallest absolute Gasteiger partial charge is 0.254 e. The lowest BCUT2D eigenvalue weighted by Crippen LogP contribution is -2.14. The number of aromatic nitrogens is 2. The quantitative estimate of drug-likeness (QED) is 0.759. The Hall–Kier alpha value is -2.42. The third-order valence-electron chi connectivity index (χ3n) is 3.33. The predicted octanol–water partition coefficient (Wildman–Crippen LogP) is 3.15. The van der Waals surface area contributed by atoms with Crippen molar-refractivity contribution in [2.45, 2.75) is 13.3 Å². The van der Waals surface area contributed by atoms with E-state index in [1.54, 1.807) is 0 Å². The molecule has 0 aliphatic rings. The number of H-pyrrole nitrogens is 1. The van der Waals surface area contributed by atoms with E-state index in [1.165, 1.54) is 11.7 Å². The van der Waals surface area contributed by atoms with Gasteiger partial charge in [0.1, 0.15) is 0 Å². The molecule has 1 heterocycles. The SMILES string of the molecule is CCc1c(-c2ccc3ccccc3c2)nc[nH]c1=O. The van der Waals surface area contributed by atoms with Crippen molar-refractivity contribution in [3.05, 3.63) is 64.7 Å². The molecule has 0 aliphatic carbocycles. The van der Waals surface area contributed by atoms with Crippen LogP contribution in [0.25, 0.3) is 22.0 Å². The summed E-state index contributed by atoms with van der Waals surface area (Å²) in [6.45, 7) is 1.97. The van der Waals surface area contributed by atoms with Crippen molar-refractivity contribution in [3.8, 4) is 11.3 Å². The fourth-order valence-corrected chi connectivity index (χ4v) is 2.34. The molecule has 3 rings (SSSR count). The number of nitrogens with zero attached hydrogens (tertiary/aromatic N) is 1. The minimum Gasteiger partial charge on any atom is -0.313 e. The Bertz CT molecular complexity index is 790. The van der Waals surface area contributed by atoms with Gasteiger partial charge in [0.25, 0.3) is 5.56 Å². The summed E-state index contributed by atoms with van der Waals surface area (Å²) in [7, 11) is 0. The van der Waals surface area contributed by atoms with E-state index in [2.05, 4.69) is 34.2 Å². The van der Waals surface area contributed by atoms with Crippen LogP contribution in [-0.4, -0.2) is 9.97 Å². The lowest BCUT2D eigenvalue weighted by atomic mass is 10.0. The topological polar surface area (TPSA) is 45.8 Å². The highest BCUT2D eigenvalue weighted by Crippen LogP contribution is 2.24. The molecule has 0 amide bonds. The maximum Gasteiger partial charge on any atom is 0.254 e. The molecule has 2 aromatic carbocycles. The van der Waals surface area contributed by atoms with Crippen LogP contribution in [0.5, 0.6) is 0 Å². The molecule has 0 aliphatic heterocycles. The van der Waals surface area contributed by atoms with Gasteiger partial charge in [0.05, 0.1) is 12.0 Å². The summed E-state index contributed by atoms with van der Waals surface area (Å²) in [6.07, 6.45) is 2.14. The number of benzene rings is 2. The summed E-state index contributed by atoms with van der Waals surface area (Å²) >= 11 is 0.